The van der Waals surface area contributed by atoms with E-state index >= 15 is 0 Å². The summed E-state index contributed by atoms with van der Waals surface area (Å²) in [6.45, 7) is 1.05. The Bertz CT molecular complexity index is 1710. The van der Waals surface area contributed by atoms with E-state index in [1.165, 1.54) is 24.0 Å². The smallest absolute Gasteiger partial charge is 0.244 e. The van der Waals surface area contributed by atoms with Crippen molar-refractivity contribution in [3.05, 3.63) is 59.9 Å². The number of fused-ring (bicyclic) bond motifs is 6. The van der Waals surface area contributed by atoms with Gasteiger partial charge in [0, 0.05) is 57.9 Å². The van der Waals surface area contributed by atoms with Gasteiger partial charge in [0.2, 0.25) is 33.7 Å². The summed E-state index contributed by atoms with van der Waals surface area (Å²) in [6, 6.07) is 8.90. The van der Waals surface area contributed by atoms with E-state index in [0.29, 0.717) is 12.2 Å². The zero-order valence-electron chi connectivity index (χ0n) is 26.7. The predicted octanol–water partition coefficient (Wildman–Crippen LogP) is -1.25. The summed E-state index contributed by atoms with van der Waals surface area (Å²) in [5, 5.41) is 29.5. The number of halogens is 1. The molecule has 49 heavy (non-hydrogen) atoms. The summed E-state index contributed by atoms with van der Waals surface area (Å²) in [5.74, 6) is -2.57. The van der Waals surface area contributed by atoms with Crippen LogP contribution < -0.4 is 16.0 Å². The highest BCUT2D eigenvalue weighted by atomic mass is 32.2. The Labute approximate surface area is 282 Å². The second kappa shape index (κ2) is 14.1. The lowest BCUT2D eigenvalue weighted by Gasteiger charge is -2.41. The van der Waals surface area contributed by atoms with Crippen LogP contribution in [0.5, 0.6) is 0 Å². The molecule has 17 heteroatoms. The molecule has 2 aromatic rings. The SMILES string of the molecule is CC(=O)Nc1ccc(CN2C[C@@H]3C[C@H]2C(=O)N2CCN(S(=O)(=O)c4cccc(F)c4)[C@@H](C2)C(=O)NC[C@H]2O[C@@H](CC(=O)N3)[C@H](O)[C@@H]2O)cc1. The lowest BCUT2D eigenvalue weighted by atomic mass is 10.0. The maximum absolute atomic E-state index is 14.2. The van der Waals surface area contributed by atoms with Crippen LogP contribution in [0.15, 0.2) is 53.4 Å². The Morgan fingerprint density at radius 1 is 1.02 bits per heavy atom. The van der Waals surface area contributed by atoms with Crippen molar-refractivity contribution in [2.24, 2.45) is 0 Å². The van der Waals surface area contributed by atoms with Crippen LogP contribution in [0.4, 0.5) is 10.1 Å². The van der Waals surface area contributed by atoms with Crippen LogP contribution in [-0.4, -0.2) is 132 Å². The van der Waals surface area contributed by atoms with Crippen molar-refractivity contribution in [1.82, 2.24) is 24.7 Å². The Hall–Kier alpha value is -4.00. The van der Waals surface area contributed by atoms with Crippen molar-refractivity contribution in [3.63, 3.8) is 0 Å². The third-order valence-electron chi connectivity index (χ3n) is 9.39. The van der Waals surface area contributed by atoms with E-state index in [2.05, 4.69) is 16.0 Å². The summed E-state index contributed by atoms with van der Waals surface area (Å²) in [7, 11) is -4.40. The van der Waals surface area contributed by atoms with Crippen LogP contribution in [0, 0.1) is 5.82 Å². The van der Waals surface area contributed by atoms with Gasteiger partial charge in [-0.3, -0.25) is 24.1 Å². The molecular weight excluding hydrogens is 663 g/mol. The number of nitrogens with zero attached hydrogens (tertiary/aromatic N) is 3. The molecule has 4 fully saturated rings. The van der Waals surface area contributed by atoms with Crippen molar-refractivity contribution in [2.45, 2.75) is 73.7 Å². The number of ether oxygens (including phenoxy) is 1. The fraction of sp³-hybridized carbons (Fsp3) is 0.500. The van der Waals surface area contributed by atoms with Crippen molar-refractivity contribution >= 4 is 39.3 Å². The van der Waals surface area contributed by atoms with Crippen molar-refractivity contribution in [2.75, 3.05) is 38.0 Å². The molecule has 6 rings (SSSR count). The number of nitrogens with one attached hydrogen (secondary N) is 3. The van der Waals surface area contributed by atoms with Crippen LogP contribution in [0.25, 0.3) is 0 Å². The molecule has 6 bridgehead atoms. The number of aliphatic hydroxyl groups excluding tert-OH is 2. The van der Waals surface area contributed by atoms with E-state index in [-0.39, 0.29) is 62.3 Å². The minimum absolute atomic E-state index is 0.0533. The van der Waals surface area contributed by atoms with Gasteiger partial charge in [0.15, 0.2) is 0 Å². The van der Waals surface area contributed by atoms with Gasteiger partial charge < -0.3 is 35.8 Å². The summed E-state index contributed by atoms with van der Waals surface area (Å²) in [5.41, 5.74) is 1.43. The van der Waals surface area contributed by atoms with Crippen LogP contribution in [-0.2, 0) is 40.5 Å². The standard InChI is InChI=1S/C32H39FN6O9S/c1-18(40)35-21-7-5-19(6-8-21)15-38-16-22-12-24(38)32(45)37-9-10-39(49(46,47)23-4-2-3-20(33)11-23)25(17-37)31(44)34-14-27-30(43)29(42)26(48-27)13-28(41)36-22/h2-8,11,22,24-27,29-30,42-43H,9-10,12-17H2,1H3,(H,34,44)(H,35,40)(H,36,41)/t22-,24-,25-,26-,27+,29-,30+/m0/s1. The van der Waals surface area contributed by atoms with E-state index in [0.717, 1.165) is 22.0 Å². The largest absolute Gasteiger partial charge is 0.388 e. The zero-order valence-corrected chi connectivity index (χ0v) is 27.5. The fourth-order valence-electron chi connectivity index (χ4n) is 6.96. The molecule has 5 N–H and O–H groups in total. The second-order valence-corrected chi connectivity index (χ2v) is 14.7. The molecule has 15 nitrogen and oxygen atoms in total. The highest BCUT2D eigenvalue weighted by Gasteiger charge is 2.48. The Balaban J connectivity index is 1.30. The van der Waals surface area contributed by atoms with Gasteiger partial charge in [0.05, 0.1) is 23.5 Å². The molecular formula is C32H39FN6O9S. The molecule has 7 atom stereocenters. The van der Waals surface area contributed by atoms with Crippen molar-refractivity contribution in [3.8, 4) is 0 Å². The molecule has 264 valence electrons. The number of anilines is 1. The molecule has 0 aliphatic carbocycles. The average Bonchev–Trinajstić information content (AvgIpc) is 3.57. The first-order valence-corrected chi connectivity index (χ1v) is 17.5. The van der Waals surface area contributed by atoms with Gasteiger partial charge >= 0.3 is 0 Å². The van der Waals surface area contributed by atoms with E-state index in [4.69, 9.17) is 4.74 Å². The molecule has 4 amide bonds. The van der Waals surface area contributed by atoms with Gasteiger partial charge in [0.1, 0.15) is 30.2 Å². The summed E-state index contributed by atoms with van der Waals surface area (Å²) in [4.78, 5) is 55.5. The number of likely N-dealkylation sites (tertiary alicyclic amines) is 1. The summed E-state index contributed by atoms with van der Waals surface area (Å²) in [6.07, 6.45) is -5.09. The minimum atomic E-state index is -4.40. The highest BCUT2D eigenvalue weighted by molar-refractivity contribution is 7.89. The van der Waals surface area contributed by atoms with Crippen LogP contribution in [0.3, 0.4) is 0 Å². The number of carbonyl (C=O) groups excluding carboxylic acids is 4. The van der Waals surface area contributed by atoms with Crippen LogP contribution >= 0.6 is 0 Å². The molecule has 4 saturated heterocycles. The van der Waals surface area contributed by atoms with Gasteiger partial charge in [-0.25, -0.2) is 12.8 Å². The van der Waals surface area contributed by atoms with E-state index in [1.807, 2.05) is 17.0 Å². The summed E-state index contributed by atoms with van der Waals surface area (Å²) >= 11 is 0. The molecule has 0 radical (unpaired) electrons. The molecule has 0 unspecified atom stereocenters. The lowest BCUT2D eigenvalue weighted by molar-refractivity contribution is -0.140. The third kappa shape index (κ3) is 7.46. The topological polar surface area (TPSA) is 198 Å². The Morgan fingerprint density at radius 2 is 1.76 bits per heavy atom. The maximum atomic E-state index is 14.2. The number of rotatable bonds is 5. The van der Waals surface area contributed by atoms with Gasteiger partial charge in [0.25, 0.3) is 0 Å². The monoisotopic (exact) mass is 702 g/mol. The second-order valence-electron chi connectivity index (χ2n) is 12.8. The molecule has 2 aromatic carbocycles. The van der Waals surface area contributed by atoms with Gasteiger partial charge in [-0.2, -0.15) is 4.31 Å². The first kappa shape index (κ1) is 34.8. The first-order chi connectivity index (χ1) is 23.3. The van der Waals surface area contributed by atoms with Gasteiger partial charge in [-0.15, -0.1) is 0 Å². The van der Waals surface area contributed by atoms with Crippen LogP contribution in [0.2, 0.25) is 0 Å². The number of aliphatic hydroxyl groups is 2. The number of carbonyl (C=O) groups is 4. The fourth-order valence-corrected chi connectivity index (χ4v) is 8.57. The highest BCUT2D eigenvalue weighted by Crippen LogP contribution is 2.29. The average molecular weight is 703 g/mol. The molecule has 0 saturated carbocycles. The Kier molecular flexibility index (Phi) is 10.0. The zero-order chi connectivity index (χ0) is 35.0. The molecule has 4 aliphatic heterocycles. The van der Waals surface area contributed by atoms with Crippen molar-refractivity contribution < 1.29 is 46.9 Å². The number of hydrogen-bond donors (Lipinski definition) is 5. The maximum Gasteiger partial charge on any atom is 0.244 e. The molecule has 0 spiro atoms. The first-order valence-electron chi connectivity index (χ1n) is 16.1. The Morgan fingerprint density at radius 3 is 2.47 bits per heavy atom. The summed E-state index contributed by atoms with van der Waals surface area (Å²) < 4.78 is 48.3. The van der Waals surface area contributed by atoms with Crippen molar-refractivity contribution in [1.29, 1.82) is 0 Å². The molecule has 4 aliphatic rings. The van der Waals surface area contributed by atoms with Crippen LogP contribution in [0.1, 0.15) is 25.3 Å². The van der Waals surface area contributed by atoms with Gasteiger partial charge in [-0.1, -0.05) is 18.2 Å². The van der Waals surface area contributed by atoms with E-state index < -0.39 is 70.2 Å². The number of sulfonamides is 1. The third-order valence-corrected chi connectivity index (χ3v) is 11.3. The molecule has 4 heterocycles. The normalized spacial score (nSPS) is 30.2. The lowest BCUT2D eigenvalue weighted by Crippen LogP contribution is -2.63. The van der Waals surface area contributed by atoms with E-state index in [9.17, 15) is 42.2 Å². The molecule has 0 aromatic heterocycles. The predicted molar refractivity (Wildman–Crippen MR) is 170 cm³/mol. The van der Waals surface area contributed by atoms with Gasteiger partial charge in [-0.05, 0) is 42.3 Å². The van der Waals surface area contributed by atoms with E-state index in [1.54, 1.807) is 12.1 Å². The number of hydrogen-bond acceptors (Lipinski definition) is 10. The number of benzene rings is 2. The quantitative estimate of drug-likeness (QED) is 0.251. The number of piperazine rings is 1. The minimum Gasteiger partial charge on any atom is -0.388 e. The number of amides is 4.